The van der Waals surface area contributed by atoms with Gasteiger partial charge >= 0.3 is 0 Å². The standard InChI is InChI=1S/C24H26N2O3S/c1-17-22(18-7-9-20(28-2)10-8-18)16-23(30-17)24(27)26-13-11-25(12-14-26)19-5-4-6-21(15-19)29-3/h4-10,15-16H,11-14H2,1-3H3. The van der Waals surface area contributed by atoms with Crippen molar-refractivity contribution in [1.29, 1.82) is 0 Å². The average Bonchev–Trinajstić information content (AvgIpc) is 3.20. The van der Waals surface area contributed by atoms with Gasteiger partial charge in [-0.05, 0) is 48.4 Å². The van der Waals surface area contributed by atoms with Crippen molar-refractivity contribution in [2.24, 2.45) is 0 Å². The summed E-state index contributed by atoms with van der Waals surface area (Å²) in [6.07, 6.45) is 0. The lowest BCUT2D eigenvalue weighted by molar-refractivity contribution is 0.0751. The van der Waals surface area contributed by atoms with Gasteiger partial charge in [-0.15, -0.1) is 11.3 Å². The first-order valence-electron chi connectivity index (χ1n) is 10.0. The number of hydrogen-bond acceptors (Lipinski definition) is 5. The molecule has 156 valence electrons. The van der Waals surface area contributed by atoms with Crippen molar-refractivity contribution in [3.63, 3.8) is 0 Å². The summed E-state index contributed by atoms with van der Waals surface area (Å²) in [6.45, 7) is 5.13. The highest BCUT2D eigenvalue weighted by Gasteiger charge is 2.24. The van der Waals surface area contributed by atoms with Crippen LogP contribution in [0, 0.1) is 6.92 Å². The maximum Gasteiger partial charge on any atom is 0.264 e. The Bertz CT molecular complexity index is 1020. The number of aryl methyl sites for hydroxylation is 1. The minimum absolute atomic E-state index is 0.119. The third-order valence-corrected chi connectivity index (χ3v) is 6.55. The van der Waals surface area contributed by atoms with Crippen LogP contribution in [0.5, 0.6) is 11.5 Å². The Balaban J connectivity index is 1.44. The number of nitrogens with zero attached hydrogens (tertiary/aromatic N) is 2. The van der Waals surface area contributed by atoms with Crippen LogP contribution in [0.25, 0.3) is 11.1 Å². The van der Waals surface area contributed by atoms with Crippen molar-refractivity contribution in [1.82, 2.24) is 4.90 Å². The molecule has 0 N–H and O–H groups in total. The molecule has 2 heterocycles. The van der Waals surface area contributed by atoms with Crippen molar-refractivity contribution < 1.29 is 14.3 Å². The van der Waals surface area contributed by atoms with E-state index in [0.29, 0.717) is 13.1 Å². The molecular weight excluding hydrogens is 396 g/mol. The third kappa shape index (κ3) is 4.14. The summed E-state index contributed by atoms with van der Waals surface area (Å²) in [5.74, 6) is 1.80. The number of anilines is 1. The molecule has 0 radical (unpaired) electrons. The van der Waals surface area contributed by atoms with Gasteiger partial charge in [0, 0.05) is 42.8 Å². The summed E-state index contributed by atoms with van der Waals surface area (Å²) in [6, 6.07) is 18.1. The van der Waals surface area contributed by atoms with Crippen LogP contribution in [0.1, 0.15) is 14.5 Å². The molecule has 1 saturated heterocycles. The highest BCUT2D eigenvalue weighted by Crippen LogP contribution is 2.33. The van der Waals surface area contributed by atoms with Gasteiger partial charge in [-0.1, -0.05) is 18.2 Å². The fourth-order valence-electron chi connectivity index (χ4n) is 3.78. The van der Waals surface area contributed by atoms with Crippen LogP contribution in [-0.4, -0.2) is 51.2 Å². The number of amides is 1. The normalized spacial score (nSPS) is 14.0. The molecule has 1 aliphatic heterocycles. The maximum absolute atomic E-state index is 13.1. The molecule has 1 amide bonds. The van der Waals surface area contributed by atoms with Crippen LogP contribution in [0.15, 0.2) is 54.6 Å². The predicted octanol–water partition coefficient (Wildman–Crippen LogP) is 4.70. The molecule has 5 nitrogen and oxygen atoms in total. The third-order valence-electron chi connectivity index (χ3n) is 5.51. The van der Waals surface area contributed by atoms with E-state index in [4.69, 9.17) is 9.47 Å². The molecule has 3 aromatic rings. The summed E-state index contributed by atoms with van der Waals surface area (Å²) in [5, 5.41) is 0. The molecule has 1 aromatic heterocycles. The average molecular weight is 423 g/mol. The number of ether oxygens (including phenoxy) is 2. The van der Waals surface area contributed by atoms with Gasteiger partial charge in [0.15, 0.2) is 0 Å². The van der Waals surface area contributed by atoms with Crippen LogP contribution in [0.4, 0.5) is 5.69 Å². The Kier molecular flexibility index (Phi) is 5.95. The van der Waals surface area contributed by atoms with Crippen molar-refractivity contribution in [2.45, 2.75) is 6.92 Å². The number of methoxy groups -OCH3 is 2. The predicted molar refractivity (Wildman–Crippen MR) is 122 cm³/mol. The summed E-state index contributed by atoms with van der Waals surface area (Å²) < 4.78 is 10.6. The zero-order valence-corrected chi connectivity index (χ0v) is 18.4. The number of thiophene rings is 1. The Hall–Kier alpha value is -2.99. The zero-order valence-electron chi connectivity index (χ0n) is 17.6. The Morgan fingerprint density at radius 3 is 2.27 bits per heavy atom. The second kappa shape index (κ2) is 8.79. The molecule has 6 heteroatoms. The second-order valence-corrected chi connectivity index (χ2v) is 8.55. The molecule has 4 rings (SSSR count). The zero-order chi connectivity index (χ0) is 21.1. The number of rotatable bonds is 5. The molecule has 0 aliphatic carbocycles. The van der Waals surface area contributed by atoms with E-state index in [9.17, 15) is 4.79 Å². The van der Waals surface area contributed by atoms with Gasteiger partial charge in [0.1, 0.15) is 11.5 Å². The lowest BCUT2D eigenvalue weighted by Crippen LogP contribution is -2.48. The Morgan fingerprint density at radius 2 is 1.60 bits per heavy atom. The second-order valence-electron chi connectivity index (χ2n) is 7.29. The van der Waals surface area contributed by atoms with Crippen LogP contribution in [-0.2, 0) is 0 Å². The van der Waals surface area contributed by atoms with E-state index in [1.54, 1.807) is 25.6 Å². The highest BCUT2D eigenvalue weighted by atomic mass is 32.1. The number of carbonyl (C=O) groups is 1. The number of hydrogen-bond donors (Lipinski definition) is 0. The molecule has 0 unspecified atom stereocenters. The van der Waals surface area contributed by atoms with Gasteiger partial charge in [-0.2, -0.15) is 0 Å². The monoisotopic (exact) mass is 422 g/mol. The molecule has 1 fully saturated rings. The van der Waals surface area contributed by atoms with E-state index in [1.165, 1.54) is 0 Å². The van der Waals surface area contributed by atoms with Gasteiger partial charge in [0.05, 0.1) is 19.1 Å². The van der Waals surface area contributed by atoms with Crippen LogP contribution in [0.3, 0.4) is 0 Å². The molecule has 0 spiro atoms. The summed E-state index contributed by atoms with van der Waals surface area (Å²) >= 11 is 1.57. The lowest BCUT2D eigenvalue weighted by atomic mass is 10.1. The lowest BCUT2D eigenvalue weighted by Gasteiger charge is -2.36. The molecule has 30 heavy (non-hydrogen) atoms. The Morgan fingerprint density at radius 1 is 0.900 bits per heavy atom. The SMILES string of the molecule is COc1ccc(-c2cc(C(=O)N3CCN(c4cccc(OC)c4)CC3)sc2C)cc1. The van der Waals surface area contributed by atoms with Crippen LogP contribution in [0.2, 0.25) is 0 Å². The van der Waals surface area contributed by atoms with Gasteiger partial charge in [-0.25, -0.2) is 0 Å². The number of benzene rings is 2. The smallest absolute Gasteiger partial charge is 0.264 e. The summed E-state index contributed by atoms with van der Waals surface area (Å²) in [7, 11) is 3.34. The van der Waals surface area contributed by atoms with E-state index < -0.39 is 0 Å². The molecule has 2 aromatic carbocycles. The van der Waals surface area contributed by atoms with E-state index in [-0.39, 0.29) is 5.91 Å². The van der Waals surface area contributed by atoms with Gasteiger partial charge in [0.2, 0.25) is 0 Å². The Labute approximate surface area is 181 Å². The largest absolute Gasteiger partial charge is 0.497 e. The summed E-state index contributed by atoms with van der Waals surface area (Å²) in [5.41, 5.74) is 3.35. The first kappa shape index (κ1) is 20.3. The van der Waals surface area contributed by atoms with E-state index in [1.807, 2.05) is 53.4 Å². The van der Waals surface area contributed by atoms with Crippen molar-refractivity contribution in [3.05, 3.63) is 64.4 Å². The van der Waals surface area contributed by atoms with Gasteiger partial charge < -0.3 is 19.3 Å². The highest BCUT2D eigenvalue weighted by molar-refractivity contribution is 7.14. The molecular formula is C24H26N2O3S. The molecule has 0 atom stereocenters. The molecule has 0 bridgehead atoms. The van der Waals surface area contributed by atoms with Crippen LogP contribution < -0.4 is 14.4 Å². The van der Waals surface area contributed by atoms with E-state index in [0.717, 1.165) is 51.2 Å². The van der Waals surface area contributed by atoms with Crippen molar-refractivity contribution in [3.8, 4) is 22.6 Å². The molecule has 1 aliphatic rings. The van der Waals surface area contributed by atoms with Gasteiger partial charge in [0.25, 0.3) is 5.91 Å². The fraction of sp³-hybridized carbons (Fsp3) is 0.292. The fourth-order valence-corrected chi connectivity index (χ4v) is 4.79. The minimum atomic E-state index is 0.119. The van der Waals surface area contributed by atoms with Gasteiger partial charge in [-0.3, -0.25) is 4.79 Å². The minimum Gasteiger partial charge on any atom is -0.497 e. The van der Waals surface area contributed by atoms with E-state index in [2.05, 4.69) is 17.9 Å². The summed E-state index contributed by atoms with van der Waals surface area (Å²) in [4.78, 5) is 19.3. The first-order valence-corrected chi connectivity index (χ1v) is 10.8. The van der Waals surface area contributed by atoms with Crippen molar-refractivity contribution in [2.75, 3.05) is 45.3 Å². The quantitative estimate of drug-likeness (QED) is 0.598. The molecule has 0 saturated carbocycles. The number of carbonyl (C=O) groups excluding carboxylic acids is 1. The number of piperazine rings is 1. The van der Waals surface area contributed by atoms with Crippen molar-refractivity contribution >= 4 is 22.9 Å². The maximum atomic E-state index is 13.1. The topological polar surface area (TPSA) is 42.0 Å². The van der Waals surface area contributed by atoms with E-state index >= 15 is 0 Å². The first-order chi connectivity index (χ1) is 14.6. The van der Waals surface area contributed by atoms with Crippen LogP contribution >= 0.6 is 11.3 Å².